The zero-order chi connectivity index (χ0) is 15.5. The van der Waals surface area contributed by atoms with Crippen LogP contribution in [0, 0.1) is 0 Å². The van der Waals surface area contributed by atoms with Gasteiger partial charge in [0.2, 0.25) is 0 Å². The van der Waals surface area contributed by atoms with Crippen molar-refractivity contribution in [3.8, 4) is 0 Å². The molecule has 0 saturated heterocycles. The fourth-order valence-electron chi connectivity index (χ4n) is 2.94. The third-order valence-electron chi connectivity index (χ3n) is 4.04. The summed E-state index contributed by atoms with van der Waals surface area (Å²) in [4.78, 5) is 12.8. The van der Waals surface area contributed by atoms with Crippen LogP contribution in [0.5, 0.6) is 0 Å². The molecule has 0 fully saturated rings. The summed E-state index contributed by atoms with van der Waals surface area (Å²) in [6.07, 6.45) is 2.53. The standard InChI is InChI=1S/C16H21N5O/c1-2-20(9-10-22)15-14(17)16(19-11-18-15)21-8-7-12-5-3-4-6-13(12)21/h3-6,11,22H,2,7-10,17H2,1H3. The number of aliphatic hydroxyl groups excluding tert-OH is 1. The van der Waals surface area contributed by atoms with Crippen LogP contribution in [0.1, 0.15) is 12.5 Å². The molecule has 22 heavy (non-hydrogen) atoms. The fraction of sp³-hybridized carbons (Fsp3) is 0.375. The molecule has 116 valence electrons. The lowest BCUT2D eigenvalue weighted by atomic mass is 10.2. The van der Waals surface area contributed by atoms with Gasteiger partial charge in [-0.2, -0.15) is 0 Å². The number of nitrogen functional groups attached to an aromatic ring is 1. The number of para-hydroxylation sites is 1. The first-order valence-electron chi connectivity index (χ1n) is 7.58. The molecule has 0 spiro atoms. The molecule has 0 atom stereocenters. The summed E-state index contributed by atoms with van der Waals surface area (Å²) >= 11 is 0. The Balaban J connectivity index is 1.99. The average molecular weight is 299 g/mol. The normalized spacial score (nSPS) is 13.3. The molecule has 0 saturated carbocycles. The molecule has 6 heteroatoms. The predicted octanol–water partition coefficient (Wildman–Crippen LogP) is 1.57. The van der Waals surface area contributed by atoms with Gasteiger partial charge in [0, 0.05) is 25.3 Å². The average Bonchev–Trinajstić information content (AvgIpc) is 2.97. The van der Waals surface area contributed by atoms with Gasteiger partial charge in [-0.25, -0.2) is 9.97 Å². The Morgan fingerprint density at radius 2 is 2.14 bits per heavy atom. The molecular formula is C16H21N5O. The molecule has 1 aliphatic heterocycles. The van der Waals surface area contributed by atoms with Crippen molar-refractivity contribution < 1.29 is 5.11 Å². The molecule has 0 radical (unpaired) electrons. The lowest BCUT2D eigenvalue weighted by molar-refractivity contribution is 0.302. The second-order valence-corrected chi connectivity index (χ2v) is 5.27. The van der Waals surface area contributed by atoms with Crippen LogP contribution >= 0.6 is 0 Å². The molecule has 2 aromatic rings. The second-order valence-electron chi connectivity index (χ2n) is 5.27. The summed E-state index contributed by atoms with van der Waals surface area (Å²) in [5.74, 6) is 1.43. The monoisotopic (exact) mass is 299 g/mol. The number of rotatable bonds is 5. The number of likely N-dealkylation sites (N-methyl/N-ethyl adjacent to an activating group) is 1. The number of hydrogen-bond acceptors (Lipinski definition) is 6. The van der Waals surface area contributed by atoms with Crippen molar-refractivity contribution in [1.29, 1.82) is 0 Å². The number of aliphatic hydroxyl groups is 1. The number of benzene rings is 1. The second kappa shape index (κ2) is 6.19. The number of aromatic nitrogens is 2. The molecule has 0 unspecified atom stereocenters. The molecule has 6 nitrogen and oxygen atoms in total. The van der Waals surface area contributed by atoms with Gasteiger partial charge in [0.05, 0.1) is 6.61 Å². The van der Waals surface area contributed by atoms with E-state index >= 15 is 0 Å². The molecule has 1 aromatic carbocycles. The summed E-state index contributed by atoms with van der Waals surface area (Å²) in [6, 6.07) is 8.31. The topological polar surface area (TPSA) is 78.5 Å². The van der Waals surface area contributed by atoms with E-state index in [9.17, 15) is 5.11 Å². The molecule has 0 aliphatic carbocycles. The highest BCUT2D eigenvalue weighted by Gasteiger charge is 2.24. The number of nitrogens with zero attached hydrogens (tertiary/aromatic N) is 4. The highest BCUT2D eigenvalue weighted by Crippen LogP contribution is 2.38. The van der Waals surface area contributed by atoms with Crippen molar-refractivity contribution in [2.75, 3.05) is 41.8 Å². The maximum atomic E-state index is 9.19. The lowest BCUT2D eigenvalue weighted by Gasteiger charge is -2.26. The summed E-state index contributed by atoms with van der Waals surface area (Å²) in [5.41, 5.74) is 9.37. The van der Waals surface area contributed by atoms with Crippen LogP contribution in [-0.4, -0.2) is 41.3 Å². The van der Waals surface area contributed by atoms with Crippen LogP contribution in [0.15, 0.2) is 30.6 Å². The van der Waals surface area contributed by atoms with E-state index in [1.54, 1.807) is 6.33 Å². The van der Waals surface area contributed by atoms with Gasteiger partial charge in [0.25, 0.3) is 0 Å². The zero-order valence-corrected chi connectivity index (χ0v) is 12.7. The Hall–Kier alpha value is -2.34. The van der Waals surface area contributed by atoms with E-state index < -0.39 is 0 Å². The number of anilines is 4. The van der Waals surface area contributed by atoms with Crippen LogP contribution in [0.4, 0.5) is 23.0 Å². The van der Waals surface area contributed by atoms with Crippen LogP contribution in [-0.2, 0) is 6.42 Å². The minimum absolute atomic E-state index is 0.0686. The van der Waals surface area contributed by atoms with E-state index in [0.717, 1.165) is 31.0 Å². The number of nitrogens with two attached hydrogens (primary N) is 1. The van der Waals surface area contributed by atoms with Crippen molar-refractivity contribution in [3.63, 3.8) is 0 Å². The van der Waals surface area contributed by atoms with Crippen molar-refractivity contribution >= 4 is 23.0 Å². The van der Waals surface area contributed by atoms with E-state index in [-0.39, 0.29) is 6.61 Å². The van der Waals surface area contributed by atoms with E-state index in [0.29, 0.717) is 18.1 Å². The van der Waals surface area contributed by atoms with Gasteiger partial charge in [-0.3, -0.25) is 0 Å². The lowest BCUT2D eigenvalue weighted by Crippen LogP contribution is -2.29. The first-order chi connectivity index (χ1) is 10.8. The summed E-state index contributed by atoms with van der Waals surface area (Å²) in [7, 11) is 0. The first-order valence-corrected chi connectivity index (χ1v) is 7.58. The molecule has 3 rings (SSSR count). The van der Waals surface area contributed by atoms with Crippen molar-refractivity contribution in [1.82, 2.24) is 9.97 Å². The van der Waals surface area contributed by atoms with Gasteiger partial charge < -0.3 is 20.6 Å². The SMILES string of the molecule is CCN(CCO)c1ncnc(N2CCc3ccccc32)c1N. The van der Waals surface area contributed by atoms with Crippen LogP contribution in [0.2, 0.25) is 0 Å². The van der Waals surface area contributed by atoms with E-state index in [1.807, 2.05) is 17.9 Å². The highest BCUT2D eigenvalue weighted by atomic mass is 16.3. The largest absolute Gasteiger partial charge is 0.395 e. The van der Waals surface area contributed by atoms with Gasteiger partial charge in [-0.05, 0) is 25.0 Å². The fourth-order valence-corrected chi connectivity index (χ4v) is 2.94. The Labute approximate surface area is 130 Å². The minimum atomic E-state index is 0.0686. The third kappa shape index (κ3) is 2.46. The zero-order valence-electron chi connectivity index (χ0n) is 12.7. The molecule has 1 aromatic heterocycles. The number of fused-ring (bicyclic) bond motifs is 1. The molecule has 2 heterocycles. The Kier molecular flexibility index (Phi) is 4.11. The molecular weight excluding hydrogens is 278 g/mol. The van der Waals surface area contributed by atoms with Gasteiger partial charge in [-0.1, -0.05) is 18.2 Å². The van der Waals surface area contributed by atoms with Crippen molar-refractivity contribution in [2.24, 2.45) is 0 Å². The summed E-state index contributed by atoms with van der Waals surface area (Å²) < 4.78 is 0. The molecule has 0 bridgehead atoms. The van der Waals surface area contributed by atoms with E-state index in [2.05, 4.69) is 33.1 Å². The van der Waals surface area contributed by atoms with E-state index in [1.165, 1.54) is 5.56 Å². The summed E-state index contributed by atoms with van der Waals surface area (Å²) in [5, 5.41) is 9.19. The Bertz CT molecular complexity index is 661. The van der Waals surface area contributed by atoms with Gasteiger partial charge >= 0.3 is 0 Å². The quantitative estimate of drug-likeness (QED) is 0.872. The minimum Gasteiger partial charge on any atom is -0.395 e. The summed E-state index contributed by atoms with van der Waals surface area (Å²) in [6.45, 7) is 4.19. The van der Waals surface area contributed by atoms with Gasteiger partial charge in [0.15, 0.2) is 11.6 Å². The van der Waals surface area contributed by atoms with Crippen molar-refractivity contribution in [3.05, 3.63) is 36.2 Å². The van der Waals surface area contributed by atoms with Crippen LogP contribution in [0.3, 0.4) is 0 Å². The van der Waals surface area contributed by atoms with Crippen LogP contribution < -0.4 is 15.5 Å². The molecule has 1 aliphatic rings. The highest BCUT2D eigenvalue weighted by molar-refractivity contribution is 5.81. The molecule has 0 amide bonds. The number of hydrogen-bond donors (Lipinski definition) is 2. The van der Waals surface area contributed by atoms with E-state index in [4.69, 9.17) is 5.73 Å². The maximum Gasteiger partial charge on any atom is 0.161 e. The smallest absolute Gasteiger partial charge is 0.161 e. The predicted molar refractivity (Wildman–Crippen MR) is 88.6 cm³/mol. The Morgan fingerprint density at radius 3 is 2.91 bits per heavy atom. The van der Waals surface area contributed by atoms with Crippen LogP contribution in [0.25, 0.3) is 0 Å². The third-order valence-corrected chi connectivity index (χ3v) is 4.04. The maximum absolute atomic E-state index is 9.19. The Morgan fingerprint density at radius 1 is 1.32 bits per heavy atom. The molecule has 3 N–H and O–H groups in total. The van der Waals surface area contributed by atoms with Gasteiger partial charge in [-0.15, -0.1) is 0 Å². The first kappa shape index (κ1) is 14.6. The van der Waals surface area contributed by atoms with Gasteiger partial charge in [0.1, 0.15) is 12.0 Å². The van der Waals surface area contributed by atoms with Crippen molar-refractivity contribution in [2.45, 2.75) is 13.3 Å².